The van der Waals surface area contributed by atoms with Crippen molar-refractivity contribution >= 4 is 17.8 Å². The van der Waals surface area contributed by atoms with Crippen molar-refractivity contribution < 1.29 is 9.59 Å². The molecule has 2 N–H and O–H groups in total. The van der Waals surface area contributed by atoms with Crippen molar-refractivity contribution in [3.8, 4) is 0 Å². The van der Waals surface area contributed by atoms with Gasteiger partial charge in [-0.25, -0.2) is 9.97 Å². The lowest BCUT2D eigenvalue weighted by Gasteiger charge is -2.26. The molecule has 0 saturated carbocycles. The summed E-state index contributed by atoms with van der Waals surface area (Å²) in [4.78, 5) is 35.0. The Morgan fingerprint density at radius 3 is 2.56 bits per heavy atom. The second-order valence-corrected chi connectivity index (χ2v) is 6.66. The molecule has 1 atom stereocenters. The smallest absolute Gasteiger partial charge is 0.270 e. The predicted molar refractivity (Wildman–Crippen MR) is 103 cm³/mol. The summed E-state index contributed by atoms with van der Waals surface area (Å²) in [6.45, 7) is 3.61. The first kappa shape index (κ1) is 18.8. The minimum Gasteiger partial charge on any atom is -0.354 e. The van der Waals surface area contributed by atoms with Crippen LogP contribution >= 0.6 is 0 Å². The van der Waals surface area contributed by atoms with Gasteiger partial charge in [0.15, 0.2) is 0 Å². The van der Waals surface area contributed by atoms with Crippen molar-refractivity contribution in [2.75, 3.05) is 24.5 Å². The highest BCUT2D eigenvalue weighted by Gasteiger charge is 2.19. The van der Waals surface area contributed by atoms with E-state index in [0.29, 0.717) is 18.2 Å². The minimum absolute atomic E-state index is 0.139. The lowest BCUT2D eigenvalue weighted by atomic mass is 10.1. The monoisotopic (exact) mass is 367 g/mol. The zero-order chi connectivity index (χ0) is 19.1. The lowest BCUT2D eigenvalue weighted by molar-refractivity contribution is -0.119. The van der Waals surface area contributed by atoms with E-state index >= 15 is 0 Å². The van der Waals surface area contributed by atoms with E-state index in [1.807, 2.05) is 30.3 Å². The summed E-state index contributed by atoms with van der Waals surface area (Å²) in [5, 5.41) is 5.74. The summed E-state index contributed by atoms with van der Waals surface area (Å²) < 4.78 is 0. The Morgan fingerprint density at radius 2 is 1.85 bits per heavy atom. The first-order valence-electron chi connectivity index (χ1n) is 9.32. The van der Waals surface area contributed by atoms with Crippen LogP contribution in [0.2, 0.25) is 0 Å². The van der Waals surface area contributed by atoms with Crippen LogP contribution in [0.25, 0.3) is 0 Å². The molecular weight excluding hydrogens is 342 g/mol. The fourth-order valence-corrected chi connectivity index (χ4v) is 3.14. The van der Waals surface area contributed by atoms with Crippen LogP contribution in [0.4, 0.5) is 5.95 Å². The predicted octanol–water partition coefficient (Wildman–Crippen LogP) is 2.07. The quantitative estimate of drug-likeness (QED) is 0.816. The molecule has 7 heteroatoms. The molecule has 7 nitrogen and oxygen atoms in total. The molecule has 2 amide bonds. The van der Waals surface area contributed by atoms with Gasteiger partial charge in [-0.05, 0) is 30.9 Å². The van der Waals surface area contributed by atoms with Gasteiger partial charge in [0, 0.05) is 32.8 Å². The second kappa shape index (κ2) is 9.12. The third-order valence-corrected chi connectivity index (χ3v) is 4.58. The van der Waals surface area contributed by atoms with Crippen LogP contribution in [-0.2, 0) is 4.79 Å². The van der Waals surface area contributed by atoms with Crippen molar-refractivity contribution in [1.82, 2.24) is 20.6 Å². The van der Waals surface area contributed by atoms with E-state index < -0.39 is 0 Å². The van der Waals surface area contributed by atoms with E-state index in [9.17, 15) is 9.59 Å². The van der Waals surface area contributed by atoms with Crippen molar-refractivity contribution in [2.24, 2.45) is 0 Å². The van der Waals surface area contributed by atoms with E-state index in [0.717, 1.165) is 31.5 Å². The highest BCUT2D eigenvalue weighted by molar-refractivity contribution is 5.92. The van der Waals surface area contributed by atoms with E-state index in [2.05, 4.69) is 25.5 Å². The highest BCUT2D eigenvalue weighted by Crippen LogP contribution is 2.16. The number of aromatic nitrogens is 2. The van der Waals surface area contributed by atoms with Gasteiger partial charge in [0.2, 0.25) is 11.9 Å². The fraction of sp³-hybridized carbons (Fsp3) is 0.400. The maximum Gasteiger partial charge on any atom is 0.270 e. The number of piperidine rings is 1. The normalized spacial score (nSPS) is 15.1. The number of benzene rings is 1. The maximum absolute atomic E-state index is 12.8. The van der Waals surface area contributed by atoms with Crippen molar-refractivity contribution in [1.29, 1.82) is 0 Å². The molecule has 0 bridgehead atoms. The molecular formula is C20H25N5O2. The Labute approximate surface area is 159 Å². The van der Waals surface area contributed by atoms with Crippen LogP contribution in [0.1, 0.15) is 48.3 Å². The largest absolute Gasteiger partial charge is 0.354 e. The molecule has 1 fully saturated rings. The number of hydrogen-bond acceptors (Lipinski definition) is 5. The van der Waals surface area contributed by atoms with Crippen molar-refractivity contribution in [3.05, 3.63) is 53.9 Å². The van der Waals surface area contributed by atoms with Crippen molar-refractivity contribution in [3.63, 3.8) is 0 Å². The molecule has 1 aliphatic rings. The van der Waals surface area contributed by atoms with E-state index in [1.54, 1.807) is 12.3 Å². The molecule has 27 heavy (non-hydrogen) atoms. The number of rotatable bonds is 6. The molecule has 1 saturated heterocycles. The summed E-state index contributed by atoms with van der Waals surface area (Å²) in [6.07, 6.45) is 5.08. The van der Waals surface area contributed by atoms with Gasteiger partial charge < -0.3 is 15.5 Å². The first-order chi connectivity index (χ1) is 13.1. The van der Waals surface area contributed by atoms with E-state index in [4.69, 9.17) is 0 Å². The zero-order valence-corrected chi connectivity index (χ0v) is 15.5. The van der Waals surface area contributed by atoms with Gasteiger partial charge >= 0.3 is 0 Å². The molecule has 142 valence electrons. The van der Waals surface area contributed by atoms with Gasteiger partial charge in [-0.1, -0.05) is 30.3 Å². The number of carbonyl (C=O) groups excluding carboxylic acids is 2. The molecule has 2 aromatic rings. The maximum atomic E-state index is 12.8. The molecule has 0 radical (unpaired) electrons. The number of nitrogens with one attached hydrogen (secondary N) is 2. The van der Waals surface area contributed by atoms with Crippen LogP contribution in [0.5, 0.6) is 0 Å². The van der Waals surface area contributed by atoms with Gasteiger partial charge in [0.05, 0.1) is 6.04 Å². The molecule has 1 aromatic heterocycles. The fourth-order valence-electron chi connectivity index (χ4n) is 3.14. The van der Waals surface area contributed by atoms with Gasteiger partial charge in [-0.15, -0.1) is 0 Å². The Morgan fingerprint density at radius 1 is 1.11 bits per heavy atom. The van der Waals surface area contributed by atoms with Crippen LogP contribution in [0.3, 0.4) is 0 Å². The number of amides is 2. The molecule has 0 spiro atoms. The lowest BCUT2D eigenvalue weighted by Crippen LogP contribution is -2.38. The summed E-state index contributed by atoms with van der Waals surface area (Å²) in [5.41, 5.74) is 1.25. The average Bonchev–Trinajstić information content (AvgIpc) is 2.72. The third kappa shape index (κ3) is 5.26. The first-order valence-corrected chi connectivity index (χ1v) is 9.32. The summed E-state index contributed by atoms with van der Waals surface area (Å²) in [7, 11) is 0. The molecule has 1 aliphatic heterocycles. The van der Waals surface area contributed by atoms with Crippen LogP contribution in [0, 0.1) is 0 Å². The Hall–Kier alpha value is -2.96. The average molecular weight is 367 g/mol. The van der Waals surface area contributed by atoms with Crippen molar-refractivity contribution in [2.45, 2.75) is 32.2 Å². The van der Waals surface area contributed by atoms with Gasteiger partial charge in [-0.3, -0.25) is 9.59 Å². The number of nitrogens with zero attached hydrogens (tertiary/aromatic N) is 3. The number of hydrogen-bond donors (Lipinski definition) is 2. The SMILES string of the molecule is CC(=O)NC[C@H](NC(=O)c1ccnc(N2CCCCC2)n1)c1ccccc1. The molecule has 3 rings (SSSR count). The Bertz CT molecular complexity index is 775. The van der Waals surface area contributed by atoms with E-state index in [1.165, 1.54) is 13.3 Å². The minimum atomic E-state index is -0.337. The molecule has 1 aromatic carbocycles. The number of carbonyl (C=O) groups is 2. The van der Waals surface area contributed by atoms with Crippen LogP contribution < -0.4 is 15.5 Å². The standard InChI is InChI=1S/C20H25N5O2/c1-15(26)22-14-18(16-8-4-2-5-9-16)23-19(27)17-10-11-21-20(24-17)25-12-6-3-7-13-25/h2,4-5,8-11,18H,3,6-7,12-14H2,1H3,(H,22,26)(H,23,27)/t18-/m0/s1. The summed E-state index contributed by atoms with van der Waals surface area (Å²) >= 11 is 0. The van der Waals surface area contributed by atoms with Crippen LogP contribution in [0.15, 0.2) is 42.6 Å². The third-order valence-electron chi connectivity index (χ3n) is 4.58. The zero-order valence-electron chi connectivity index (χ0n) is 15.5. The Kier molecular flexibility index (Phi) is 6.35. The molecule has 0 unspecified atom stereocenters. The summed E-state index contributed by atoms with van der Waals surface area (Å²) in [6, 6.07) is 10.8. The van der Waals surface area contributed by atoms with E-state index in [-0.39, 0.29) is 17.9 Å². The summed E-state index contributed by atoms with van der Waals surface area (Å²) in [5.74, 6) is 0.176. The van der Waals surface area contributed by atoms with Gasteiger partial charge in [0.25, 0.3) is 5.91 Å². The highest BCUT2D eigenvalue weighted by atomic mass is 16.2. The van der Waals surface area contributed by atoms with Crippen LogP contribution in [-0.4, -0.2) is 41.4 Å². The topological polar surface area (TPSA) is 87.2 Å². The number of anilines is 1. The van der Waals surface area contributed by atoms with Gasteiger partial charge in [-0.2, -0.15) is 0 Å². The molecule has 0 aliphatic carbocycles. The molecule has 2 heterocycles. The van der Waals surface area contributed by atoms with Gasteiger partial charge in [0.1, 0.15) is 5.69 Å². The Balaban J connectivity index is 1.73. The second-order valence-electron chi connectivity index (χ2n) is 6.66.